The Kier molecular flexibility index (Phi) is 8.23. The van der Waals surface area contributed by atoms with Crippen LogP contribution in [-0.2, 0) is 0 Å². The average molecular weight is 832 g/mol. The molecule has 64 heavy (non-hydrogen) atoms. The first kappa shape index (κ1) is 36.5. The topological polar surface area (TPSA) is 14.8 Å². The third kappa shape index (κ3) is 5.21. The number of hydrogen-bond acceptors (Lipinski definition) is 0. The van der Waals surface area contributed by atoms with Gasteiger partial charge in [-0.25, -0.2) is 0 Å². The monoisotopic (exact) mass is 831 g/mol. The molecule has 0 amide bonds. The van der Waals surface area contributed by atoms with Crippen LogP contribution >= 0.6 is 0 Å². The van der Waals surface area contributed by atoms with Crippen molar-refractivity contribution in [2.45, 2.75) is 0 Å². The lowest BCUT2D eigenvalue weighted by molar-refractivity contribution is 1.17. The highest BCUT2D eigenvalue weighted by Gasteiger charge is 2.43. The van der Waals surface area contributed by atoms with Crippen LogP contribution < -0.4 is 20.7 Å². The van der Waals surface area contributed by atoms with Gasteiger partial charge in [0.1, 0.15) is 0 Å². The van der Waals surface area contributed by atoms with Gasteiger partial charge in [-0.2, -0.15) is 0 Å². The molecule has 13 rings (SSSR count). The third-order valence-corrected chi connectivity index (χ3v) is 18.4. The molecule has 300 valence electrons. The molecule has 3 nitrogen and oxygen atoms in total. The zero-order valence-electron chi connectivity index (χ0n) is 35.0. The zero-order valence-corrected chi connectivity index (χ0v) is 36.0. The van der Waals surface area contributed by atoms with E-state index < -0.39 is 8.07 Å². The standard InChI is InChI=1S/C60H41N3Si/c1-5-20-42(21-6-1)62-53-32-16-13-28-48(53)50-31-19-35-57(59(50)62)64(45-24-9-3-10-25-45,46-26-11-4-12-27-46)47-38-36-44(37-39-47)61-55-34-18-15-30-52(55)58-56(61)41-40-51-49-29-14-17-33-54(49)63(60(51)58)43-22-7-2-8-23-43/h1-41H. The van der Waals surface area contributed by atoms with Crippen molar-refractivity contribution in [1.29, 1.82) is 0 Å². The van der Waals surface area contributed by atoms with E-state index in [9.17, 15) is 0 Å². The maximum atomic E-state index is 2.51. The predicted octanol–water partition coefficient (Wildman–Crippen LogP) is 12.4. The fraction of sp³-hybridized carbons (Fsp3) is 0. The summed E-state index contributed by atoms with van der Waals surface area (Å²) in [5, 5.41) is 12.9. The molecule has 3 aromatic heterocycles. The Hall–Kier alpha value is -8.18. The van der Waals surface area contributed by atoms with E-state index >= 15 is 0 Å². The molecule has 0 unspecified atom stereocenters. The van der Waals surface area contributed by atoms with Crippen molar-refractivity contribution in [3.8, 4) is 17.1 Å². The van der Waals surface area contributed by atoms with Crippen LogP contribution in [0.1, 0.15) is 0 Å². The normalized spacial score (nSPS) is 12.1. The number of rotatable bonds is 7. The largest absolute Gasteiger partial charge is 0.309 e. The lowest BCUT2D eigenvalue weighted by Crippen LogP contribution is -2.75. The van der Waals surface area contributed by atoms with Crippen LogP contribution in [0, 0.1) is 0 Å². The molecule has 0 aliphatic heterocycles. The number of hydrogen-bond donors (Lipinski definition) is 0. The molecule has 0 radical (unpaired) electrons. The maximum absolute atomic E-state index is 3.04. The van der Waals surface area contributed by atoms with Crippen LogP contribution in [0.25, 0.3) is 82.5 Å². The Labute approximate surface area is 372 Å². The van der Waals surface area contributed by atoms with Gasteiger partial charge in [0.2, 0.25) is 0 Å². The minimum absolute atomic E-state index is 1.14. The van der Waals surface area contributed by atoms with Crippen molar-refractivity contribution in [3.63, 3.8) is 0 Å². The molecular formula is C60H41N3Si. The number of fused-ring (bicyclic) bond motifs is 10. The highest BCUT2D eigenvalue weighted by molar-refractivity contribution is 7.20. The molecular weight excluding hydrogens is 791 g/mol. The number of benzene rings is 10. The SMILES string of the molecule is c1ccc(-n2c3ccccc3c3cccc([Si](c4ccccc4)(c4ccccc4)c4ccc(-n5c6ccccc6c6c5ccc5c7ccccc7n(-c7ccccc7)c56)cc4)c32)cc1. The molecule has 0 saturated carbocycles. The van der Waals surface area contributed by atoms with Gasteiger partial charge in [-0.1, -0.05) is 188 Å². The van der Waals surface area contributed by atoms with Crippen LogP contribution in [0.4, 0.5) is 0 Å². The first-order valence-corrected chi connectivity index (χ1v) is 24.1. The summed E-state index contributed by atoms with van der Waals surface area (Å²) in [6.45, 7) is 0. The van der Waals surface area contributed by atoms with Gasteiger partial charge in [-0.15, -0.1) is 0 Å². The van der Waals surface area contributed by atoms with E-state index in [-0.39, 0.29) is 0 Å². The minimum atomic E-state index is -3.04. The van der Waals surface area contributed by atoms with Crippen molar-refractivity contribution in [2.75, 3.05) is 0 Å². The van der Waals surface area contributed by atoms with Crippen LogP contribution in [0.5, 0.6) is 0 Å². The van der Waals surface area contributed by atoms with Crippen molar-refractivity contribution in [1.82, 2.24) is 13.7 Å². The summed E-state index contributed by atoms with van der Waals surface area (Å²) in [4.78, 5) is 0. The average Bonchev–Trinajstić information content (AvgIpc) is 4.02. The molecule has 10 aromatic carbocycles. The molecule has 13 aromatic rings. The van der Waals surface area contributed by atoms with Crippen molar-refractivity contribution < 1.29 is 0 Å². The molecule has 0 atom stereocenters. The number of para-hydroxylation sites is 6. The first-order valence-electron chi connectivity index (χ1n) is 22.1. The van der Waals surface area contributed by atoms with Crippen LogP contribution in [-0.4, -0.2) is 21.8 Å². The summed E-state index contributed by atoms with van der Waals surface area (Å²) in [7, 11) is -3.04. The molecule has 0 N–H and O–H groups in total. The van der Waals surface area contributed by atoms with E-state index in [1.807, 2.05) is 0 Å². The summed E-state index contributed by atoms with van der Waals surface area (Å²) in [5.41, 5.74) is 10.7. The molecule has 0 aliphatic carbocycles. The molecule has 0 spiro atoms. The second-order valence-corrected chi connectivity index (χ2v) is 20.6. The van der Waals surface area contributed by atoms with Gasteiger partial charge in [0.25, 0.3) is 0 Å². The first-order chi connectivity index (χ1) is 31.8. The van der Waals surface area contributed by atoms with Crippen LogP contribution in [0.15, 0.2) is 249 Å². The number of nitrogens with zero attached hydrogens (tertiary/aromatic N) is 3. The van der Waals surface area contributed by atoms with Crippen LogP contribution in [0.3, 0.4) is 0 Å². The third-order valence-electron chi connectivity index (χ3n) is 13.6. The maximum Gasteiger partial charge on any atom is 0.181 e. The molecule has 4 heteroatoms. The van der Waals surface area contributed by atoms with Gasteiger partial charge in [0.05, 0.1) is 33.1 Å². The Balaban J connectivity index is 1.11. The number of aromatic nitrogens is 3. The summed E-state index contributed by atoms with van der Waals surface area (Å²) >= 11 is 0. The molecule has 0 bridgehead atoms. The van der Waals surface area contributed by atoms with Crippen molar-refractivity contribution >= 4 is 94.2 Å². The van der Waals surface area contributed by atoms with Crippen molar-refractivity contribution in [3.05, 3.63) is 249 Å². The molecule has 3 heterocycles. The summed E-state index contributed by atoms with van der Waals surface area (Å²) < 4.78 is 7.45. The summed E-state index contributed by atoms with van der Waals surface area (Å²) in [6, 6.07) is 92.3. The molecule has 0 fully saturated rings. The fourth-order valence-electron chi connectivity index (χ4n) is 11.0. The van der Waals surface area contributed by atoms with Gasteiger partial charge in [-0.3, -0.25) is 0 Å². The second-order valence-electron chi connectivity index (χ2n) is 16.8. The lowest BCUT2D eigenvalue weighted by Gasteiger charge is -2.35. The highest BCUT2D eigenvalue weighted by atomic mass is 28.3. The fourth-order valence-corrected chi connectivity index (χ4v) is 15.9. The van der Waals surface area contributed by atoms with Gasteiger partial charge >= 0.3 is 0 Å². The Morgan fingerprint density at radius 3 is 1.20 bits per heavy atom. The van der Waals surface area contributed by atoms with Gasteiger partial charge in [0.15, 0.2) is 8.07 Å². The van der Waals surface area contributed by atoms with E-state index in [4.69, 9.17) is 0 Å². The van der Waals surface area contributed by atoms with E-state index in [1.165, 1.54) is 86.2 Å². The Morgan fingerprint density at radius 2 is 0.641 bits per heavy atom. The van der Waals surface area contributed by atoms with E-state index in [0.29, 0.717) is 0 Å². The zero-order chi connectivity index (χ0) is 42.2. The predicted molar refractivity (Wildman–Crippen MR) is 273 cm³/mol. The van der Waals surface area contributed by atoms with E-state index in [0.717, 1.165) is 17.1 Å². The summed E-state index contributed by atoms with van der Waals surface area (Å²) in [6.07, 6.45) is 0. The van der Waals surface area contributed by atoms with Gasteiger partial charge in [-0.05, 0) is 81.4 Å². The highest BCUT2D eigenvalue weighted by Crippen LogP contribution is 2.42. The molecule has 0 saturated heterocycles. The molecule has 0 aliphatic rings. The van der Waals surface area contributed by atoms with Crippen molar-refractivity contribution in [2.24, 2.45) is 0 Å². The van der Waals surface area contributed by atoms with E-state index in [1.54, 1.807) is 0 Å². The lowest BCUT2D eigenvalue weighted by atomic mass is 10.1. The quantitative estimate of drug-likeness (QED) is 0.112. The Morgan fingerprint density at radius 1 is 0.234 bits per heavy atom. The smallest absolute Gasteiger partial charge is 0.181 e. The Bertz CT molecular complexity index is 3830. The second kappa shape index (κ2) is 14.5. The van der Waals surface area contributed by atoms with Gasteiger partial charge in [0, 0.05) is 49.4 Å². The summed E-state index contributed by atoms with van der Waals surface area (Å²) in [5.74, 6) is 0. The van der Waals surface area contributed by atoms with Gasteiger partial charge < -0.3 is 13.7 Å². The van der Waals surface area contributed by atoms with E-state index in [2.05, 4.69) is 262 Å². The minimum Gasteiger partial charge on any atom is -0.309 e. The van der Waals surface area contributed by atoms with Crippen LogP contribution in [0.2, 0.25) is 0 Å².